The molecule has 2 aromatic rings. The maximum absolute atomic E-state index is 11.5. The Morgan fingerprint density at radius 2 is 2.22 bits per heavy atom. The van der Waals surface area contributed by atoms with Crippen molar-refractivity contribution in [1.82, 2.24) is 9.78 Å². The fourth-order valence-corrected chi connectivity index (χ4v) is 1.60. The van der Waals surface area contributed by atoms with E-state index in [2.05, 4.69) is 15.2 Å². The first-order valence-corrected chi connectivity index (χ1v) is 5.51. The lowest BCUT2D eigenvalue weighted by atomic mass is 10.2. The maximum Gasteiger partial charge on any atom is 0.397 e. The molecule has 94 valence electrons. The van der Waals surface area contributed by atoms with Crippen molar-refractivity contribution in [2.24, 2.45) is 7.05 Å². The molecule has 1 aromatic carbocycles. The van der Waals surface area contributed by atoms with Crippen LogP contribution in [0.25, 0.3) is 10.9 Å². The van der Waals surface area contributed by atoms with Crippen LogP contribution in [0.2, 0.25) is 0 Å². The number of esters is 1. The second-order valence-corrected chi connectivity index (χ2v) is 3.72. The Labute approximate surface area is 104 Å². The molecule has 0 unspecified atom stereocenters. The first-order valence-electron chi connectivity index (χ1n) is 5.51. The van der Waals surface area contributed by atoms with Crippen molar-refractivity contribution in [1.29, 1.82) is 0 Å². The van der Waals surface area contributed by atoms with Gasteiger partial charge in [-0.15, -0.1) is 0 Å². The Morgan fingerprint density at radius 1 is 1.44 bits per heavy atom. The van der Waals surface area contributed by atoms with Crippen LogP contribution in [-0.4, -0.2) is 28.3 Å². The fraction of sp³-hybridized carbons (Fsp3) is 0.250. The summed E-state index contributed by atoms with van der Waals surface area (Å²) in [5.74, 6) is -1.67. The molecule has 0 aliphatic carbocycles. The number of hydrogen-bond donors (Lipinski definition) is 1. The van der Waals surface area contributed by atoms with Gasteiger partial charge in [0, 0.05) is 18.1 Å². The van der Waals surface area contributed by atoms with E-state index in [-0.39, 0.29) is 6.61 Å². The van der Waals surface area contributed by atoms with Crippen LogP contribution in [0.4, 0.5) is 5.69 Å². The smallest absolute Gasteiger partial charge is 0.397 e. The first-order chi connectivity index (χ1) is 8.61. The number of fused-ring (bicyclic) bond motifs is 1. The van der Waals surface area contributed by atoms with Crippen molar-refractivity contribution in [2.75, 3.05) is 11.9 Å². The van der Waals surface area contributed by atoms with Crippen molar-refractivity contribution in [3.8, 4) is 0 Å². The van der Waals surface area contributed by atoms with Crippen molar-refractivity contribution < 1.29 is 14.3 Å². The fourth-order valence-electron chi connectivity index (χ4n) is 1.60. The zero-order chi connectivity index (χ0) is 13.1. The van der Waals surface area contributed by atoms with Crippen LogP contribution in [-0.2, 0) is 21.4 Å². The standard InChI is InChI=1S/C12H13N3O3/c1-3-18-12(17)11(16)14-9-5-4-8-7-13-15(2)10(8)6-9/h4-7H,3H2,1-2H3,(H,14,16). The van der Waals surface area contributed by atoms with Gasteiger partial charge < -0.3 is 10.1 Å². The average molecular weight is 247 g/mol. The normalized spacial score (nSPS) is 10.3. The summed E-state index contributed by atoms with van der Waals surface area (Å²) in [6.07, 6.45) is 1.73. The number of nitrogens with zero attached hydrogens (tertiary/aromatic N) is 2. The Bertz CT molecular complexity index is 604. The monoisotopic (exact) mass is 247 g/mol. The molecule has 0 saturated carbocycles. The molecule has 2 rings (SSSR count). The summed E-state index contributed by atoms with van der Waals surface area (Å²) in [7, 11) is 1.80. The molecule has 1 heterocycles. The van der Waals surface area contributed by atoms with Gasteiger partial charge in [-0.25, -0.2) is 4.79 Å². The summed E-state index contributed by atoms with van der Waals surface area (Å²) in [6, 6.07) is 5.28. The van der Waals surface area contributed by atoms with Crippen molar-refractivity contribution in [3.05, 3.63) is 24.4 Å². The number of anilines is 1. The van der Waals surface area contributed by atoms with E-state index in [9.17, 15) is 9.59 Å². The molecule has 6 heteroatoms. The highest BCUT2D eigenvalue weighted by molar-refractivity contribution is 6.37. The lowest BCUT2D eigenvalue weighted by Gasteiger charge is -2.05. The number of carbonyl (C=O) groups excluding carboxylic acids is 2. The molecule has 0 spiro atoms. The Hall–Kier alpha value is -2.37. The van der Waals surface area contributed by atoms with Crippen LogP contribution < -0.4 is 5.32 Å². The van der Waals surface area contributed by atoms with E-state index in [1.165, 1.54) is 0 Å². The van der Waals surface area contributed by atoms with Crippen LogP contribution in [0.3, 0.4) is 0 Å². The van der Waals surface area contributed by atoms with Crippen LogP contribution in [0.1, 0.15) is 6.92 Å². The molecule has 1 aromatic heterocycles. The summed E-state index contributed by atoms with van der Waals surface area (Å²) < 4.78 is 6.29. The number of nitrogens with one attached hydrogen (secondary N) is 1. The lowest BCUT2D eigenvalue weighted by molar-refractivity contribution is -0.152. The number of amides is 1. The van der Waals surface area contributed by atoms with Crippen LogP contribution >= 0.6 is 0 Å². The summed E-state index contributed by atoms with van der Waals surface area (Å²) >= 11 is 0. The predicted molar refractivity (Wildman–Crippen MR) is 66.0 cm³/mol. The van der Waals surface area contributed by atoms with Crippen molar-refractivity contribution in [3.63, 3.8) is 0 Å². The minimum atomic E-state index is -0.886. The highest BCUT2D eigenvalue weighted by Crippen LogP contribution is 2.18. The number of hydrogen-bond acceptors (Lipinski definition) is 4. The Balaban J connectivity index is 2.19. The van der Waals surface area contributed by atoms with Crippen molar-refractivity contribution in [2.45, 2.75) is 6.92 Å². The van der Waals surface area contributed by atoms with Gasteiger partial charge in [0.1, 0.15) is 0 Å². The van der Waals surface area contributed by atoms with Gasteiger partial charge in [0.15, 0.2) is 0 Å². The number of benzene rings is 1. The van der Waals surface area contributed by atoms with Crippen LogP contribution in [0.5, 0.6) is 0 Å². The van der Waals surface area contributed by atoms with Gasteiger partial charge in [-0.2, -0.15) is 5.10 Å². The second-order valence-electron chi connectivity index (χ2n) is 3.72. The van der Waals surface area contributed by atoms with Crippen molar-refractivity contribution >= 4 is 28.5 Å². The largest absolute Gasteiger partial charge is 0.459 e. The van der Waals surface area contributed by atoms with Gasteiger partial charge in [0.2, 0.25) is 0 Å². The van der Waals surface area contributed by atoms with Gasteiger partial charge in [0.05, 0.1) is 18.3 Å². The zero-order valence-electron chi connectivity index (χ0n) is 10.1. The van der Waals surface area contributed by atoms with E-state index in [4.69, 9.17) is 0 Å². The van der Waals surface area contributed by atoms with E-state index < -0.39 is 11.9 Å². The van der Waals surface area contributed by atoms with Gasteiger partial charge in [-0.1, -0.05) is 0 Å². The molecule has 1 amide bonds. The predicted octanol–water partition coefficient (Wildman–Crippen LogP) is 1.07. The third kappa shape index (κ3) is 2.32. The van der Waals surface area contributed by atoms with Gasteiger partial charge in [0.25, 0.3) is 0 Å². The second kappa shape index (κ2) is 4.87. The lowest BCUT2D eigenvalue weighted by Crippen LogP contribution is -2.24. The maximum atomic E-state index is 11.5. The highest BCUT2D eigenvalue weighted by atomic mass is 16.5. The first kappa shape index (κ1) is 12.1. The molecule has 0 aliphatic heterocycles. The molecule has 0 aliphatic rings. The number of carbonyl (C=O) groups is 2. The Morgan fingerprint density at radius 3 is 2.94 bits per heavy atom. The van der Waals surface area contributed by atoms with E-state index in [1.807, 2.05) is 6.07 Å². The summed E-state index contributed by atoms with van der Waals surface area (Å²) in [5.41, 5.74) is 1.40. The molecular formula is C12H13N3O3. The topological polar surface area (TPSA) is 73.2 Å². The number of aromatic nitrogens is 2. The zero-order valence-corrected chi connectivity index (χ0v) is 10.1. The molecule has 0 radical (unpaired) electrons. The minimum Gasteiger partial charge on any atom is -0.459 e. The minimum absolute atomic E-state index is 0.174. The highest BCUT2D eigenvalue weighted by Gasteiger charge is 2.14. The SMILES string of the molecule is CCOC(=O)C(=O)Nc1ccc2cnn(C)c2c1. The third-order valence-corrected chi connectivity index (χ3v) is 2.47. The molecule has 0 bridgehead atoms. The molecule has 6 nitrogen and oxygen atoms in total. The van der Waals surface area contributed by atoms with E-state index >= 15 is 0 Å². The van der Waals surface area contributed by atoms with E-state index in [0.717, 1.165) is 10.9 Å². The van der Waals surface area contributed by atoms with Crippen LogP contribution in [0.15, 0.2) is 24.4 Å². The van der Waals surface area contributed by atoms with E-state index in [1.54, 1.807) is 37.0 Å². The molecule has 0 atom stereocenters. The van der Waals surface area contributed by atoms with Gasteiger partial charge >= 0.3 is 11.9 Å². The molecular weight excluding hydrogens is 234 g/mol. The average Bonchev–Trinajstić information content (AvgIpc) is 2.71. The van der Waals surface area contributed by atoms with Gasteiger partial charge in [-0.05, 0) is 25.1 Å². The van der Waals surface area contributed by atoms with E-state index in [0.29, 0.717) is 5.69 Å². The molecule has 0 saturated heterocycles. The molecule has 0 fully saturated rings. The quantitative estimate of drug-likeness (QED) is 0.636. The summed E-state index contributed by atoms with van der Waals surface area (Å²) in [5, 5.41) is 7.54. The summed E-state index contributed by atoms with van der Waals surface area (Å²) in [4.78, 5) is 22.6. The molecule has 1 N–H and O–H groups in total. The number of rotatable bonds is 2. The molecule has 18 heavy (non-hydrogen) atoms. The summed E-state index contributed by atoms with van der Waals surface area (Å²) in [6.45, 7) is 1.82. The number of aryl methyl sites for hydroxylation is 1. The Kier molecular flexibility index (Phi) is 3.27. The number of ether oxygens (including phenoxy) is 1. The van der Waals surface area contributed by atoms with Gasteiger partial charge in [-0.3, -0.25) is 9.48 Å². The van der Waals surface area contributed by atoms with Crippen LogP contribution in [0, 0.1) is 0 Å². The third-order valence-electron chi connectivity index (χ3n) is 2.47.